The molecule has 1 heterocycles. The smallest absolute Gasteiger partial charge is 0.326 e. The molecule has 5 amide bonds. The zero-order chi connectivity index (χ0) is 61.4. The number of rotatable bonds is 57. The Balaban J connectivity index is 0.0000689. The predicted molar refractivity (Wildman–Crippen MR) is 319 cm³/mol. The van der Waals surface area contributed by atoms with Crippen molar-refractivity contribution in [3.63, 3.8) is 0 Å². The lowest BCUT2D eigenvalue weighted by atomic mass is 9.97. The first-order chi connectivity index (χ1) is 39.8. The summed E-state index contributed by atoms with van der Waals surface area (Å²) in [4.78, 5) is 120. The van der Waals surface area contributed by atoms with Crippen LogP contribution in [0.15, 0.2) is 0 Å². The lowest BCUT2D eigenvalue weighted by Gasteiger charge is -2.16. The van der Waals surface area contributed by atoms with Crippen molar-refractivity contribution in [2.24, 2.45) is 5.92 Å². The molecule has 0 aromatic carbocycles. The molecule has 3 atom stereocenters. The number of sulfonamides is 1. The van der Waals surface area contributed by atoms with Crippen molar-refractivity contribution in [2.45, 2.75) is 185 Å². The number of carbonyl (C=O) groups excluding carboxylic acids is 7. The normalized spacial score (nSPS) is 12.2. The molecule has 31 heteroatoms. The van der Waals surface area contributed by atoms with E-state index in [-0.39, 0.29) is 144 Å². The number of tetrazole rings is 1. The molecule has 3 unspecified atom stereocenters. The van der Waals surface area contributed by atoms with Gasteiger partial charge in [-0.15, -0.1) is 34.2 Å². The molecule has 482 valence electrons. The lowest BCUT2D eigenvalue weighted by molar-refractivity contribution is -0.145. The van der Waals surface area contributed by atoms with Crippen molar-refractivity contribution >= 4 is 109 Å². The number of ether oxygens (including phenoxy) is 4. The zero-order valence-electron chi connectivity index (χ0n) is 48.2. The minimum absolute atomic E-state index is 0. The van der Waals surface area contributed by atoms with Gasteiger partial charge in [-0.1, -0.05) is 91.8 Å². The number of carboxylic acid groups (broad SMARTS) is 3. The molecule has 0 saturated heterocycles. The van der Waals surface area contributed by atoms with Crippen LogP contribution >= 0.6 is 39.9 Å². The average Bonchev–Trinajstić information content (AvgIpc) is 3.97. The number of aromatic nitrogens is 4. The van der Waals surface area contributed by atoms with E-state index in [1.165, 1.54) is 44.9 Å². The second kappa shape index (κ2) is 51.4. The number of carbonyl (C=O) groups is 10. The summed E-state index contributed by atoms with van der Waals surface area (Å²) in [6.07, 6.45) is 15.1. The number of hydrogen-bond acceptors (Lipinski definition) is 19. The first-order valence-corrected chi connectivity index (χ1v) is 31.6. The maximum atomic E-state index is 12.6. The number of aromatic amines is 1. The molecule has 28 nitrogen and oxygen atoms in total. The van der Waals surface area contributed by atoms with Gasteiger partial charge in [-0.25, -0.2) is 18.0 Å². The second-order valence-electron chi connectivity index (χ2n) is 19.9. The Morgan fingerprint density at radius 2 is 1.06 bits per heavy atom. The van der Waals surface area contributed by atoms with Crippen LogP contribution < -0.4 is 26.0 Å². The summed E-state index contributed by atoms with van der Waals surface area (Å²) in [7, 11) is -3.88. The number of aryl methyl sites for hydroxylation is 1. The molecular weight excluding hydrogens is 1310 g/mol. The monoisotopic (exact) mass is 1400 g/mol. The number of carboxylic acids is 3. The van der Waals surface area contributed by atoms with Gasteiger partial charge in [-0.3, -0.25) is 43.1 Å². The van der Waals surface area contributed by atoms with Crippen molar-refractivity contribution in [2.75, 3.05) is 77.0 Å². The van der Waals surface area contributed by atoms with Gasteiger partial charge in [0.25, 0.3) is 0 Å². The van der Waals surface area contributed by atoms with Crippen LogP contribution in [0, 0.1) is 5.92 Å². The highest BCUT2D eigenvalue weighted by atomic mass is 127. The van der Waals surface area contributed by atoms with Gasteiger partial charge in [0, 0.05) is 64.6 Å². The first kappa shape index (κ1) is 79.2. The fourth-order valence-electron chi connectivity index (χ4n) is 8.16. The van der Waals surface area contributed by atoms with Crippen LogP contribution in [0.2, 0.25) is 0 Å². The van der Waals surface area contributed by atoms with Crippen molar-refractivity contribution in [3.05, 3.63) is 5.82 Å². The van der Waals surface area contributed by atoms with E-state index in [1.807, 2.05) is 0 Å². The topological polar surface area (TPSA) is 417 Å². The fourth-order valence-corrected chi connectivity index (χ4v) is 9.43. The molecule has 9 N–H and O–H groups in total. The summed E-state index contributed by atoms with van der Waals surface area (Å²) < 4.78 is 48.0. The maximum Gasteiger partial charge on any atom is 0.326 e. The molecule has 0 radical (unpaired) electrons. The fraction of sp³-hybridized carbons (Fsp3) is 0.792. The molecule has 0 fully saturated rings. The highest BCUT2D eigenvalue weighted by molar-refractivity contribution is 14.0. The number of hydrogen-bond donors (Lipinski definition) is 9. The number of Topliss-reactive ketones (excluding diaryl/α,β-unsaturated/α-hetero) is 2. The van der Waals surface area contributed by atoms with Gasteiger partial charge in [-0.05, 0) is 57.8 Å². The maximum absolute atomic E-state index is 12.6. The van der Waals surface area contributed by atoms with Gasteiger partial charge in [0.1, 0.15) is 31.1 Å². The Labute approximate surface area is 517 Å². The summed E-state index contributed by atoms with van der Waals surface area (Å²) in [5, 5.41) is 52.7. The van der Waals surface area contributed by atoms with E-state index in [1.54, 1.807) is 0 Å². The molecule has 0 aliphatic heterocycles. The second-order valence-corrected chi connectivity index (χ2v) is 22.3. The molecule has 0 aliphatic rings. The number of alkyl halides is 1. The van der Waals surface area contributed by atoms with Gasteiger partial charge in [-0.2, -0.15) is 5.21 Å². The largest absolute Gasteiger partial charge is 0.481 e. The number of amides is 5. The van der Waals surface area contributed by atoms with Crippen molar-refractivity contribution in [1.29, 1.82) is 0 Å². The highest BCUT2D eigenvalue weighted by Crippen LogP contribution is 2.16. The number of aliphatic carboxylic acids is 3. The third-order valence-corrected chi connectivity index (χ3v) is 14.6. The molecule has 84 heavy (non-hydrogen) atoms. The molecule has 1 rings (SSSR count). The summed E-state index contributed by atoms with van der Waals surface area (Å²) >= 11 is 3.03. The van der Waals surface area contributed by atoms with Crippen molar-refractivity contribution < 1.29 is 90.6 Å². The van der Waals surface area contributed by atoms with Gasteiger partial charge in [0.15, 0.2) is 11.6 Å². The Hall–Kier alpha value is -4.83. The van der Waals surface area contributed by atoms with Crippen LogP contribution in [-0.4, -0.2) is 192 Å². The van der Waals surface area contributed by atoms with E-state index in [0.717, 1.165) is 44.3 Å². The number of unbranched alkanes of at least 4 members (excludes halogenated alkanes) is 13. The number of H-pyrrole nitrogens is 1. The minimum Gasteiger partial charge on any atom is -0.481 e. The molecule has 0 spiro atoms. The zero-order valence-corrected chi connectivity index (χ0v) is 53.0. The molecule has 1 aromatic rings. The Morgan fingerprint density at radius 3 is 1.67 bits per heavy atom. The Kier molecular flexibility index (Phi) is 48.4. The summed E-state index contributed by atoms with van der Waals surface area (Å²) in [6, 6.07) is -2.54. The summed E-state index contributed by atoms with van der Waals surface area (Å²) in [5.41, 5.74) is 0. The van der Waals surface area contributed by atoms with Crippen LogP contribution in [0.25, 0.3) is 0 Å². The average molecular weight is 1400 g/mol. The van der Waals surface area contributed by atoms with E-state index in [9.17, 15) is 71.7 Å². The summed E-state index contributed by atoms with van der Waals surface area (Å²) in [5.74, 6) is -8.23. The van der Waals surface area contributed by atoms with Crippen molar-refractivity contribution in [3.8, 4) is 0 Å². The summed E-state index contributed by atoms with van der Waals surface area (Å²) in [6.45, 7) is -0.0204. The Bertz CT molecular complexity index is 2170. The van der Waals surface area contributed by atoms with Crippen LogP contribution in [-0.2, 0) is 83.3 Å². The highest BCUT2D eigenvalue weighted by Gasteiger charge is 2.26. The standard InChI is InChI=1S/C53H90BrN9O19S.HI/c54-37-49(69)55-27-15-14-19-43(52(73)74)58-50(70)39-82-34-31-79-29-16-18-41(64)24-25-44(53(75)76)57-47(67)26-23-40(51(71)72)36-42(65)38-81-33-32-80-30-28-56-46(66)22-17-35-83(77,78)61-48(68)21-13-11-9-7-5-3-1-2-4-6-8-10-12-20-45-59-62-63-60-45;/h40,43-44H,1-39H2,(H,55,69)(H,56,66)(H,57,67)(H,58,70)(H,61,68)(H,71,72)(H,73,74)(H,75,76)(H,59,60,62,63);1H. The quantitative estimate of drug-likeness (QED) is 0.0255. The number of nitrogens with one attached hydrogen (secondary N) is 6. The third kappa shape index (κ3) is 46.5. The van der Waals surface area contributed by atoms with Gasteiger partial charge < -0.3 is 55.5 Å². The number of ketones is 2. The SMILES string of the molecule is I.O=C(CCCOCCOCC(=O)NC(CCCCNC(=O)CBr)C(=O)O)CCC(NC(=O)CCC(CC(=O)COCCOCCNC(=O)CCCS(=O)(=O)NC(=O)CCCCCCCCCCCCCCCc1nn[nH]n1)C(=O)O)C(=O)O. The van der Waals surface area contributed by atoms with Crippen LogP contribution in [0.5, 0.6) is 0 Å². The van der Waals surface area contributed by atoms with E-state index in [2.05, 4.69) is 62.5 Å². The van der Waals surface area contributed by atoms with Gasteiger partial charge in [0.05, 0.1) is 50.0 Å². The van der Waals surface area contributed by atoms with Gasteiger partial charge >= 0.3 is 17.9 Å². The van der Waals surface area contributed by atoms with E-state index in [0.29, 0.717) is 32.2 Å². The Morgan fingerprint density at radius 1 is 0.500 bits per heavy atom. The molecule has 0 aliphatic carbocycles. The van der Waals surface area contributed by atoms with Crippen LogP contribution in [0.4, 0.5) is 0 Å². The molecular formula is C53H91BrIN9O19S. The molecule has 1 aromatic heterocycles. The number of nitrogens with zero attached hydrogens (tertiary/aromatic N) is 3. The van der Waals surface area contributed by atoms with Gasteiger partial charge in [0.2, 0.25) is 39.6 Å². The van der Waals surface area contributed by atoms with Crippen molar-refractivity contribution in [1.82, 2.24) is 46.6 Å². The first-order valence-electron chi connectivity index (χ1n) is 28.8. The lowest BCUT2D eigenvalue weighted by Crippen LogP contribution is -2.42. The predicted octanol–water partition coefficient (Wildman–Crippen LogP) is 3.62. The molecule has 0 saturated carbocycles. The van der Waals surface area contributed by atoms with Crippen LogP contribution in [0.3, 0.4) is 0 Å². The number of halogens is 2. The molecule has 0 bridgehead atoms. The van der Waals surface area contributed by atoms with E-state index in [4.69, 9.17) is 18.9 Å². The van der Waals surface area contributed by atoms with E-state index >= 15 is 0 Å². The van der Waals surface area contributed by atoms with E-state index < -0.39 is 101 Å². The van der Waals surface area contributed by atoms with Crippen LogP contribution in [0.1, 0.15) is 173 Å². The third-order valence-electron chi connectivity index (χ3n) is 12.7. The minimum atomic E-state index is -3.88.